The van der Waals surface area contributed by atoms with Gasteiger partial charge in [0.2, 0.25) is 4.80 Å². The molecule has 0 amide bonds. The van der Waals surface area contributed by atoms with Crippen molar-refractivity contribution in [1.82, 2.24) is 4.57 Å². The van der Waals surface area contributed by atoms with Gasteiger partial charge in [0, 0.05) is 7.05 Å². The van der Waals surface area contributed by atoms with Gasteiger partial charge in [0.15, 0.2) is 0 Å². The summed E-state index contributed by atoms with van der Waals surface area (Å²) in [4.78, 5) is 0.923. The summed E-state index contributed by atoms with van der Waals surface area (Å²) >= 11 is 1.35. The van der Waals surface area contributed by atoms with E-state index in [1.165, 1.54) is 11.3 Å². The van der Waals surface area contributed by atoms with Crippen molar-refractivity contribution >= 4 is 32.3 Å². The first-order valence-corrected chi connectivity index (χ1v) is 5.95. The fourth-order valence-corrected chi connectivity index (χ4v) is 2.79. The van der Waals surface area contributed by atoms with Gasteiger partial charge in [-0.2, -0.15) is 5.10 Å². The second-order valence-corrected chi connectivity index (χ2v) is 4.89. The molecule has 2 N–H and O–H groups in total. The molecule has 0 fully saturated rings. The van der Waals surface area contributed by atoms with Crippen LogP contribution in [-0.4, -0.2) is 4.57 Å². The van der Waals surface area contributed by atoms with E-state index in [4.69, 9.17) is 5.84 Å². The topological polar surface area (TPSA) is 77.5 Å². The minimum absolute atomic E-state index is 0. The average Bonchev–Trinajstić information content (AvgIpc) is 2.55. The molecule has 0 radical (unpaired) electrons. The Labute approximate surface area is 140 Å². The van der Waals surface area contributed by atoms with E-state index >= 15 is 0 Å². The molecule has 0 saturated carbocycles. The Kier molecular flexibility index (Phi) is 5.17. The Morgan fingerprint density at radius 1 is 1.44 bits per heavy atom. The van der Waals surface area contributed by atoms with Gasteiger partial charge in [-0.3, -0.25) is 0 Å². The van der Waals surface area contributed by atoms with Crippen LogP contribution in [0.25, 0.3) is 10.2 Å². The first-order valence-electron chi connectivity index (χ1n) is 4.06. The zero-order chi connectivity index (χ0) is 11.0. The van der Waals surface area contributed by atoms with Crippen LogP contribution in [0.15, 0.2) is 28.2 Å². The van der Waals surface area contributed by atoms with Gasteiger partial charge in [0.05, 0.1) is 10.2 Å². The number of nitrogens with two attached hydrogens (primary N) is 1. The molecule has 0 atom stereocenters. The van der Waals surface area contributed by atoms with Gasteiger partial charge >= 0.3 is 51.4 Å². The van der Waals surface area contributed by atoms with Gasteiger partial charge in [-0.25, -0.2) is 0 Å². The molecular weight excluding hydrogens is 273 g/mol. The van der Waals surface area contributed by atoms with E-state index < -0.39 is 10.7 Å². The molecule has 0 aliphatic heterocycles. The zero-order valence-corrected chi connectivity index (χ0v) is 13.6. The van der Waals surface area contributed by atoms with Gasteiger partial charge in [-0.05, 0) is 16.8 Å². The Morgan fingerprint density at radius 3 is 2.69 bits per heavy atom. The predicted octanol–water partition coefficient (Wildman–Crippen LogP) is -2.31. The summed E-state index contributed by atoms with van der Waals surface area (Å²) in [7, 11) is -0.367. The van der Waals surface area contributed by atoms with Gasteiger partial charge < -0.3 is 18.8 Å². The van der Waals surface area contributed by atoms with Crippen LogP contribution in [0, 0.1) is 0 Å². The maximum absolute atomic E-state index is 10.8. The summed E-state index contributed by atoms with van der Waals surface area (Å²) in [6.45, 7) is 0. The van der Waals surface area contributed by atoms with Crippen LogP contribution in [0.4, 0.5) is 0 Å². The smallest absolute Gasteiger partial charge is 0.420 e. The van der Waals surface area contributed by atoms with E-state index in [2.05, 4.69) is 5.10 Å². The van der Waals surface area contributed by atoms with Crippen molar-refractivity contribution < 1.29 is 59.8 Å². The van der Waals surface area contributed by atoms with Crippen molar-refractivity contribution in [1.29, 1.82) is 0 Å². The van der Waals surface area contributed by atoms with E-state index in [0.717, 1.165) is 10.2 Å². The maximum Gasteiger partial charge on any atom is 1.00 e. The standard InChI is InChI=1S/C8H8N3O2S2.K/c1-11-6-3-2-5(15(12)13)4-7(6)14-8(11)10-9;/h2-4H,9H2,1H3;/q-1;+1. The van der Waals surface area contributed by atoms with Crippen LogP contribution >= 0.6 is 11.3 Å². The van der Waals surface area contributed by atoms with Crippen molar-refractivity contribution in [3.63, 3.8) is 0 Å². The van der Waals surface area contributed by atoms with E-state index in [-0.39, 0.29) is 56.3 Å². The Bertz CT molecular complexity index is 649. The molecule has 8 heteroatoms. The summed E-state index contributed by atoms with van der Waals surface area (Å²) in [5, 5.41) is 3.61. The molecule has 0 saturated heterocycles. The molecule has 0 aliphatic rings. The second kappa shape index (κ2) is 5.76. The first kappa shape index (κ1) is 14.4. The summed E-state index contributed by atoms with van der Waals surface area (Å²) in [6, 6.07) is 4.90. The van der Waals surface area contributed by atoms with Gasteiger partial charge in [-0.1, -0.05) is 28.4 Å². The summed E-state index contributed by atoms with van der Waals surface area (Å²) in [5.41, 5.74) is 0.915. The quantitative estimate of drug-likeness (QED) is 0.276. The molecule has 1 aromatic carbocycles. The van der Waals surface area contributed by atoms with Crippen LogP contribution in [-0.2, 0) is 26.2 Å². The number of hydrogen-bond acceptors (Lipinski definition) is 6. The number of thiazole rings is 1. The van der Waals surface area contributed by atoms with E-state index in [1.807, 2.05) is 11.6 Å². The predicted molar refractivity (Wildman–Crippen MR) is 57.6 cm³/mol. The number of aromatic nitrogens is 1. The number of hydrogen-bond donors (Lipinski definition) is 1. The van der Waals surface area contributed by atoms with Gasteiger partial charge in [0.25, 0.3) is 0 Å². The number of benzene rings is 1. The summed E-state index contributed by atoms with van der Waals surface area (Å²) < 4.78 is 24.2. The van der Waals surface area contributed by atoms with Crippen molar-refractivity contribution in [2.45, 2.75) is 4.90 Å². The van der Waals surface area contributed by atoms with Crippen molar-refractivity contribution in [2.24, 2.45) is 18.0 Å². The Hall–Kier alpha value is 0.296. The monoisotopic (exact) mass is 281 g/mol. The summed E-state index contributed by atoms with van der Waals surface area (Å²) in [5.74, 6) is 5.21. The average molecular weight is 281 g/mol. The second-order valence-electron chi connectivity index (χ2n) is 2.94. The molecule has 0 unspecified atom stereocenters. The molecule has 2 aromatic rings. The van der Waals surface area contributed by atoms with Gasteiger partial charge in [-0.15, -0.1) is 0 Å². The van der Waals surface area contributed by atoms with Crippen LogP contribution in [0.1, 0.15) is 0 Å². The number of nitrogens with zero attached hydrogens (tertiary/aromatic N) is 2. The number of rotatable bonds is 1. The van der Waals surface area contributed by atoms with Crippen LogP contribution in [0.5, 0.6) is 0 Å². The SMILES string of the molecule is Cn1c(=NN)sc2cc([S-](=O)=O)ccc21.[K+]. The van der Waals surface area contributed by atoms with Crippen LogP contribution in [0.3, 0.4) is 0 Å². The Morgan fingerprint density at radius 2 is 2.12 bits per heavy atom. The third-order valence-electron chi connectivity index (χ3n) is 2.08. The van der Waals surface area contributed by atoms with Gasteiger partial charge in [0.1, 0.15) is 0 Å². The minimum atomic E-state index is -2.20. The fraction of sp³-hybridized carbons (Fsp3) is 0.125. The van der Waals surface area contributed by atoms with Crippen LogP contribution in [0.2, 0.25) is 0 Å². The maximum atomic E-state index is 10.8. The molecule has 5 nitrogen and oxygen atoms in total. The molecule has 16 heavy (non-hydrogen) atoms. The molecule has 1 heterocycles. The van der Waals surface area contributed by atoms with E-state index in [0.29, 0.717) is 4.80 Å². The molecule has 0 aliphatic carbocycles. The van der Waals surface area contributed by atoms with Crippen LogP contribution < -0.4 is 62.0 Å². The molecule has 2 rings (SSSR count). The third-order valence-corrected chi connectivity index (χ3v) is 3.83. The normalized spacial score (nSPS) is 12.0. The van der Waals surface area contributed by atoms with Crippen molar-refractivity contribution in [3.8, 4) is 0 Å². The molecule has 0 bridgehead atoms. The molecule has 0 spiro atoms. The largest absolute Gasteiger partial charge is 1.00 e. The van der Waals surface area contributed by atoms with E-state index in [9.17, 15) is 8.42 Å². The number of aryl methyl sites for hydroxylation is 1. The first-order chi connectivity index (χ1) is 7.13. The molecule has 1 aromatic heterocycles. The summed E-state index contributed by atoms with van der Waals surface area (Å²) in [6.07, 6.45) is 0. The minimum Gasteiger partial charge on any atom is -0.420 e. The molecular formula is C8H8KN3O2S2. The Balaban J connectivity index is 0.00000128. The number of fused-ring (bicyclic) bond motifs is 1. The van der Waals surface area contributed by atoms with Crippen molar-refractivity contribution in [3.05, 3.63) is 23.0 Å². The fourth-order valence-electron chi connectivity index (χ4n) is 1.34. The van der Waals surface area contributed by atoms with E-state index in [1.54, 1.807) is 18.2 Å². The third kappa shape index (κ3) is 2.58. The molecule has 80 valence electrons. The van der Waals surface area contributed by atoms with Crippen molar-refractivity contribution in [2.75, 3.05) is 0 Å². The zero-order valence-electron chi connectivity index (χ0n) is 8.84.